The second kappa shape index (κ2) is 7.10. The van der Waals surface area contributed by atoms with Gasteiger partial charge in [-0.15, -0.1) is 0 Å². The maximum Gasteiger partial charge on any atom is 0.255 e. The van der Waals surface area contributed by atoms with Crippen LogP contribution in [0, 0.1) is 0 Å². The third-order valence-corrected chi connectivity index (χ3v) is 3.56. The molecule has 108 valence electrons. The average molecular weight is 275 g/mol. The minimum atomic E-state index is -0.112. The van der Waals surface area contributed by atoms with E-state index in [2.05, 4.69) is 11.9 Å². The fraction of sp³-hybridized carbons (Fsp3) is 0.438. The molecule has 4 heteroatoms. The topological polar surface area (TPSA) is 47.6 Å². The Kier molecular flexibility index (Phi) is 5.18. The molecule has 1 amide bonds. The molecule has 1 aliphatic carbocycles. The second-order valence-corrected chi connectivity index (χ2v) is 4.88. The van der Waals surface area contributed by atoms with Gasteiger partial charge in [0.15, 0.2) is 0 Å². The second-order valence-electron chi connectivity index (χ2n) is 4.88. The van der Waals surface area contributed by atoms with Crippen LogP contribution in [-0.4, -0.2) is 31.8 Å². The lowest BCUT2D eigenvalue weighted by Gasteiger charge is -2.20. The van der Waals surface area contributed by atoms with Gasteiger partial charge >= 0.3 is 0 Å². The predicted molar refractivity (Wildman–Crippen MR) is 78.0 cm³/mol. The largest absolute Gasteiger partial charge is 0.489 e. The van der Waals surface area contributed by atoms with E-state index in [-0.39, 0.29) is 18.1 Å². The van der Waals surface area contributed by atoms with Crippen LogP contribution in [0.2, 0.25) is 0 Å². The Morgan fingerprint density at radius 1 is 1.45 bits per heavy atom. The van der Waals surface area contributed by atoms with Gasteiger partial charge in [0.2, 0.25) is 0 Å². The zero-order chi connectivity index (χ0) is 14.4. The molecule has 1 aromatic rings. The number of nitrogens with one attached hydrogen (secondary N) is 1. The van der Waals surface area contributed by atoms with E-state index in [1.165, 1.54) is 0 Å². The molecule has 0 saturated heterocycles. The molecular formula is C16H21NO3. The third-order valence-electron chi connectivity index (χ3n) is 3.56. The highest BCUT2D eigenvalue weighted by Crippen LogP contribution is 2.23. The van der Waals surface area contributed by atoms with Crippen LogP contribution in [0.4, 0.5) is 0 Å². The summed E-state index contributed by atoms with van der Waals surface area (Å²) in [5, 5.41) is 3.04. The van der Waals surface area contributed by atoms with E-state index >= 15 is 0 Å². The van der Waals surface area contributed by atoms with E-state index < -0.39 is 0 Å². The molecule has 1 N–H and O–H groups in total. The van der Waals surface area contributed by atoms with Crippen molar-refractivity contribution < 1.29 is 14.3 Å². The molecule has 2 atom stereocenters. The number of rotatable bonds is 6. The summed E-state index contributed by atoms with van der Waals surface area (Å²) in [6.45, 7) is 4.00. The first-order valence-electron chi connectivity index (χ1n) is 6.92. The summed E-state index contributed by atoms with van der Waals surface area (Å²) in [5.41, 5.74) is 0.552. The summed E-state index contributed by atoms with van der Waals surface area (Å²) in [7, 11) is 1.69. The van der Waals surface area contributed by atoms with Gasteiger partial charge in [0.1, 0.15) is 12.4 Å². The summed E-state index contributed by atoms with van der Waals surface area (Å²) in [5.74, 6) is 0.468. The van der Waals surface area contributed by atoms with E-state index in [1.54, 1.807) is 25.3 Å². The molecule has 0 aliphatic heterocycles. The standard InChI is InChI=1S/C16H21NO3/c1-3-11-20-14-9-5-4-7-12(14)16(18)17-13-8-6-10-15(13)19-2/h3-5,7,9,13,15H,1,6,8,10-11H2,2H3,(H,17,18)/t13-,15+/m0/s1. The molecule has 2 rings (SSSR count). The summed E-state index contributed by atoms with van der Waals surface area (Å²) < 4.78 is 10.9. The number of hydrogen-bond donors (Lipinski definition) is 1. The van der Waals surface area contributed by atoms with Crippen molar-refractivity contribution in [1.29, 1.82) is 0 Å². The normalized spacial score (nSPS) is 21.4. The van der Waals surface area contributed by atoms with E-state index in [4.69, 9.17) is 9.47 Å². The predicted octanol–water partition coefficient (Wildman–Crippen LogP) is 2.55. The van der Waals surface area contributed by atoms with E-state index in [1.807, 2.05) is 12.1 Å². The van der Waals surface area contributed by atoms with Crippen LogP contribution in [0.15, 0.2) is 36.9 Å². The van der Waals surface area contributed by atoms with Crippen LogP contribution in [0.1, 0.15) is 29.6 Å². The molecule has 0 bridgehead atoms. The SMILES string of the molecule is C=CCOc1ccccc1C(=O)N[C@H]1CCC[C@H]1OC. The first-order chi connectivity index (χ1) is 9.76. The van der Waals surface area contributed by atoms with Crippen molar-refractivity contribution in [3.05, 3.63) is 42.5 Å². The van der Waals surface area contributed by atoms with Gasteiger partial charge in [-0.3, -0.25) is 4.79 Å². The van der Waals surface area contributed by atoms with Crippen LogP contribution < -0.4 is 10.1 Å². The summed E-state index contributed by atoms with van der Waals surface area (Å²) in [6, 6.07) is 7.33. The van der Waals surface area contributed by atoms with Crippen molar-refractivity contribution in [2.75, 3.05) is 13.7 Å². The molecule has 0 spiro atoms. The number of amides is 1. The van der Waals surface area contributed by atoms with Crippen LogP contribution in [0.5, 0.6) is 5.75 Å². The smallest absolute Gasteiger partial charge is 0.255 e. The van der Waals surface area contributed by atoms with Crippen molar-refractivity contribution in [2.24, 2.45) is 0 Å². The number of hydrogen-bond acceptors (Lipinski definition) is 3. The number of methoxy groups -OCH3 is 1. The van der Waals surface area contributed by atoms with E-state index in [0.717, 1.165) is 19.3 Å². The number of para-hydroxylation sites is 1. The van der Waals surface area contributed by atoms with Gasteiger partial charge in [0, 0.05) is 7.11 Å². The van der Waals surface area contributed by atoms with E-state index in [9.17, 15) is 4.79 Å². The van der Waals surface area contributed by atoms with Gasteiger partial charge in [0.25, 0.3) is 5.91 Å². The molecule has 0 heterocycles. The van der Waals surface area contributed by atoms with Crippen LogP contribution in [0.25, 0.3) is 0 Å². The highest BCUT2D eigenvalue weighted by Gasteiger charge is 2.29. The van der Waals surface area contributed by atoms with Crippen LogP contribution >= 0.6 is 0 Å². The van der Waals surface area contributed by atoms with Gasteiger partial charge < -0.3 is 14.8 Å². The minimum absolute atomic E-state index is 0.0833. The molecule has 1 saturated carbocycles. The molecule has 4 nitrogen and oxygen atoms in total. The van der Waals surface area contributed by atoms with Crippen molar-refractivity contribution in [3.8, 4) is 5.75 Å². The number of carbonyl (C=O) groups is 1. The highest BCUT2D eigenvalue weighted by atomic mass is 16.5. The lowest BCUT2D eigenvalue weighted by atomic mass is 10.1. The Morgan fingerprint density at radius 3 is 3.00 bits per heavy atom. The van der Waals surface area contributed by atoms with Crippen molar-refractivity contribution in [1.82, 2.24) is 5.32 Å². The van der Waals surface area contributed by atoms with Gasteiger partial charge in [-0.05, 0) is 31.4 Å². The molecule has 0 radical (unpaired) electrons. The fourth-order valence-corrected chi connectivity index (χ4v) is 2.55. The number of benzene rings is 1. The minimum Gasteiger partial charge on any atom is -0.489 e. The summed E-state index contributed by atoms with van der Waals surface area (Å²) in [6.07, 6.45) is 4.81. The van der Waals surface area contributed by atoms with Gasteiger partial charge in [-0.1, -0.05) is 24.8 Å². The van der Waals surface area contributed by atoms with Crippen LogP contribution in [-0.2, 0) is 4.74 Å². The average Bonchev–Trinajstić information content (AvgIpc) is 2.92. The number of carbonyl (C=O) groups excluding carboxylic acids is 1. The monoisotopic (exact) mass is 275 g/mol. The lowest BCUT2D eigenvalue weighted by molar-refractivity contribution is 0.0720. The molecular weight excluding hydrogens is 254 g/mol. The molecule has 20 heavy (non-hydrogen) atoms. The third kappa shape index (κ3) is 3.39. The molecule has 1 aromatic carbocycles. The molecule has 1 fully saturated rings. The molecule has 0 aromatic heterocycles. The Bertz CT molecular complexity index is 473. The van der Waals surface area contributed by atoms with Crippen molar-refractivity contribution in [3.63, 3.8) is 0 Å². The zero-order valence-corrected chi connectivity index (χ0v) is 11.8. The Balaban J connectivity index is 2.06. The lowest BCUT2D eigenvalue weighted by Crippen LogP contribution is -2.40. The van der Waals surface area contributed by atoms with Gasteiger partial charge in [-0.2, -0.15) is 0 Å². The Morgan fingerprint density at radius 2 is 2.25 bits per heavy atom. The summed E-state index contributed by atoms with van der Waals surface area (Å²) >= 11 is 0. The zero-order valence-electron chi connectivity index (χ0n) is 11.8. The first kappa shape index (κ1) is 14.6. The van der Waals surface area contributed by atoms with Crippen molar-refractivity contribution >= 4 is 5.91 Å². The molecule has 1 aliphatic rings. The van der Waals surface area contributed by atoms with Crippen LogP contribution in [0.3, 0.4) is 0 Å². The number of ether oxygens (including phenoxy) is 2. The van der Waals surface area contributed by atoms with E-state index in [0.29, 0.717) is 17.9 Å². The maximum absolute atomic E-state index is 12.4. The van der Waals surface area contributed by atoms with Crippen molar-refractivity contribution in [2.45, 2.75) is 31.4 Å². The van der Waals surface area contributed by atoms with Gasteiger partial charge in [-0.25, -0.2) is 0 Å². The molecule has 0 unspecified atom stereocenters. The Hall–Kier alpha value is -1.81. The quantitative estimate of drug-likeness (QED) is 0.812. The maximum atomic E-state index is 12.4. The Labute approximate surface area is 119 Å². The fourth-order valence-electron chi connectivity index (χ4n) is 2.55. The van der Waals surface area contributed by atoms with Gasteiger partial charge in [0.05, 0.1) is 17.7 Å². The first-order valence-corrected chi connectivity index (χ1v) is 6.92. The summed E-state index contributed by atoms with van der Waals surface area (Å²) in [4.78, 5) is 12.4. The highest BCUT2D eigenvalue weighted by molar-refractivity contribution is 5.97.